The Morgan fingerprint density at radius 3 is 1.15 bits per heavy atom. The van der Waals surface area contributed by atoms with Gasteiger partial charge in [0.05, 0.1) is 33.5 Å². The lowest BCUT2D eigenvalue weighted by molar-refractivity contribution is -0.132. The molecule has 0 saturated carbocycles. The van der Waals surface area contributed by atoms with E-state index in [-0.39, 0.29) is 0 Å². The van der Waals surface area contributed by atoms with Gasteiger partial charge >= 0.3 is 11.9 Å². The van der Waals surface area contributed by atoms with Crippen molar-refractivity contribution in [1.29, 1.82) is 0 Å². The van der Waals surface area contributed by atoms with Crippen molar-refractivity contribution in [1.82, 2.24) is 19.9 Å². The lowest BCUT2D eigenvalue weighted by atomic mass is 10.0. The Hall–Kier alpha value is -7.06. The molecule has 52 heavy (non-hydrogen) atoms. The summed E-state index contributed by atoms with van der Waals surface area (Å²) in [6.07, 6.45) is 0. The normalized spacial score (nSPS) is 11.0. The Balaban J connectivity index is 1.29. The Morgan fingerprint density at radius 2 is 0.750 bits per heavy atom. The Labute approximate surface area is 299 Å². The monoisotopic (exact) mass is 678 g/mol. The molecule has 8 heteroatoms. The molecular formula is C44H30N4O4. The number of nitrogens with zero attached hydrogens (tertiary/aromatic N) is 4. The van der Waals surface area contributed by atoms with Crippen LogP contribution in [0.3, 0.4) is 0 Å². The van der Waals surface area contributed by atoms with Crippen LogP contribution in [0.1, 0.15) is 13.8 Å². The lowest BCUT2D eigenvalue weighted by Gasteiger charge is -2.15. The Bertz CT molecular complexity index is 2460. The second kappa shape index (κ2) is 13.7. The first kappa shape index (κ1) is 32.2. The van der Waals surface area contributed by atoms with E-state index in [4.69, 9.17) is 29.4 Å². The van der Waals surface area contributed by atoms with Crippen LogP contribution < -0.4 is 9.47 Å². The molecule has 0 aliphatic heterocycles. The van der Waals surface area contributed by atoms with Gasteiger partial charge in [-0.15, -0.1) is 0 Å². The number of fused-ring (bicyclic) bond motifs is 2. The van der Waals surface area contributed by atoms with Crippen LogP contribution in [0.15, 0.2) is 146 Å². The minimum atomic E-state index is -0.418. The maximum Gasteiger partial charge on any atom is 0.308 e. The second-order valence-electron chi connectivity index (χ2n) is 12.2. The van der Waals surface area contributed by atoms with Crippen molar-refractivity contribution in [2.45, 2.75) is 13.8 Å². The quantitative estimate of drug-likeness (QED) is 0.121. The summed E-state index contributed by atoms with van der Waals surface area (Å²) < 4.78 is 11.2. The van der Waals surface area contributed by atoms with Gasteiger partial charge in [-0.05, 0) is 59.7 Å². The molecule has 0 fully saturated rings. The first-order valence-electron chi connectivity index (χ1n) is 16.7. The molecule has 2 heterocycles. The number of hydrogen-bond acceptors (Lipinski definition) is 8. The van der Waals surface area contributed by atoms with Crippen molar-refractivity contribution in [2.24, 2.45) is 0 Å². The summed E-state index contributed by atoms with van der Waals surface area (Å²) in [5, 5.41) is 0. The molecule has 2 aromatic heterocycles. The van der Waals surface area contributed by atoms with Crippen LogP contribution in [-0.4, -0.2) is 31.9 Å². The Morgan fingerprint density at radius 1 is 0.385 bits per heavy atom. The van der Waals surface area contributed by atoms with E-state index in [1.807, 2.05) is 133 Å². The number of carbonyl (C=O) groups excluding carboxylic acids is 2. The fourth-order valence-electron chi connectivity index (χ4n) is 6.25. The highest BCUT2D eigenvalue weighted by molar-refractivity contribution is 5.93. The van der Waals surface area contributed by atoms with Gasteiger partial charge in [0.15, 0.2) is 0 Å². The third-order valence-corrected chi connectivity index (χ3v) is 8.55. The van der Waals surface area contributed by atoms with Crippen LogP contribution in [0.4, 0.5) is 0 Å². The molecule has 8 aromatic rings. The number of esters is 2. The fourth-order valence-corrected chi connectivity index (χ4v) is 6.25. The molecule has 0 aliphatic carbocycles. The maximum atomic E-state index is 12.0. The van der Waals surface area contributed by atoms with Crippen molar-refractivity contribution in [3.05, 3.63) is 146 Å². The highest BCUT2D eigenvalue weighted by atomic mass is 16.5. The summed E-state index contributed by atoms with van der Waals surface area (Å²) in [4.78, 5) is 44.5. The SMILES string of the molecule is CC(=O)Oc1ccccc1-c1nc2cc(-c3ccc4nc(-c5ccccc5)c(-c5ccccc5OC(C)=O)nc4c3)ccc2nc1-c1ccccc1. The van der Waals surface area contributed by atoms with Crippen molar-refractivity contribution < 1.29 is 19.1 Å². The predicted molar refractivity (Wildman–Crippen MR) is 202 cm³/mol. The molecule has 0 unspecified atom stereocenters. The molecule has 0 atom stereocenters. The number of hydrogen-bond donors (Lipinski definition) is 0. The summed E-state index contributed by atoms with van der Waals surface area (Å²) >= 11 is 0. The molecule has 0 radical (unpaired) electrons. The van der Waals surface area contributed by atoms with Gasteiger partial charge in [0, 0.05) is 36.1 Å². The van der Waals surface area contributed by atoms with E-state index in [0.29, 0.717) is 67.5 Å². The van der Waals surface area contributed by atoms with Crippen LogP contribution in [0.5, 0.6) is 11.5 Å². The minimum Gasteiger partial charge on any atom is -0.426 e. The van der Waals surface area contributed by atoms with E-state index in [1.54, 1.807) is 12.1 Å². The average Bonchev–Trinajstić information content (AvgIpc) is 3.17. The number of carbonyl (C=O) groups is 2. The largest absolute Gasteiger partial charge is 0.426 e. The van der Waals surface area contributed by atoms with E-state index in [0.717, 1.165) is 22.3 Å². The number of para-hydroxylation sites is 2. The fraction of sp³-hybridized carbons (Fsp3) is 0.0455. The molecule has 8 rings (SSSR count). The molecule has 0 spiro atoms. The molecular weight excluding hydrogens is 649 g/mol. The zero-order valence-electron chi connectivity index (χ0n) is 28.3. The van der Waals surface area contributed by atoms with E-state index in [1.165, 1.54) is 13.8 Å². The van der Waals surface area contributed by atoms with E-state index >= 15 is 0 Å². The predicted octanol–water partition coefficient (Wildman–Crippen LogP) is 9.76. The number of rotatable bonds is 7. The van der Waals surface area contributed by atoms with E-state index < -0.39 is 11.9 Å². The van der Waals surface area contributed by atoms with E-state index in [2.05, 4.69) is 0 Å². The molecule has 0 amide bonds. The van der Waals surface area contributed by atoms with E-state index in [9.17, 15) is 9.59 Å². The highest BCUT2D eigenvalue weighted by Gasteiger charge is 2.20. The zero-order chi connectivity index (χ0) is 35.6. The average molecular weight is 679 g/mol. The number of benzene rings is 6. The van der Waals surface area contributed by atoms with Gasteiger partial charge in [0.1, 0.15) is 22.9 Å². The number of aromatic nitrogens is 4. The summed E-state index contributed by atoms with van der Waals surface area (Å²) in [5.74, 6) is -0.0202. The van der Waals surface area contributed by atoms with Gasteiger partial charge in [-0.1, -0.05) is 97.1 Å². The van der Waals surface area contributed by atoms with Crippen molar-refractivity contribution in [2.75, 3.05) is 0 Å². The molecule has 8 nitrogen and oxygen atoms in total. The smallest absolute Gasteiger partial charge is 0.308 e. The topological polar surface area (TPSA) is 104 Å². The summed E-state index contributed by atoms with van der Waals surface area (Å²) in [7, 11) is 0. The maximum absolute atomic E-state index is 12.0. The van der Waals surface area contributed by atoms with Crippen molar-refractivity contribution >= 4 is 34.0 Å². The van der Waals surface area contributed by atoms with Crippen LogP contribution >= 0.6 is 0 Å². The molecule has 250 valence electrons. The van der Waals surface area contributed by atoms with Gasteiger partial charge in [-0.25, -0.2) is 19.9 Å². The third kappa shape index (κ3) is 6.36. The first-order chi connectivity index (χ1) is 25.4. The van der Waals surface area contributed by atoms with Crippen LogP contribution in [0.25, 0.3) is 78.2 Å². The standard InChI is InChI=1S/C44H30N4O4/c1-27(49)51-39-19-11-9-17-33(39)43-41(29-13-5-3-6-14-29)45-35-23-21-31(25-37(35)47-43)32-22-24-36-38(26-32)48-44(42(46-36)30-15-7-4-8-16-30)34-18-10-12-20-40(34)52-28(2)50/h3-26H,1-2H3. The van der Waals surface area contributed by atoms with Gasteiger partial charge in [0.2, 0.25) is 0 Å². The second-order valence-corrected chi connectivity index (χ2v) is 12.2. The van der Waals surface area contributed by atoms with Gasteiger partial charge in [0.25, 0.3) is 0 Å². The molecule has 0 aliphatic rings. The molecule has 0 bridgehead atoms. The Kier molecular flexibility index (Phi) is 8.46. The number of ether oxygens (including phenoxy) is 2. The van der Waals surface area contributed by atoms with Gasteiger partial charge < -0.3 is 9.47 Å². The first-order valence-corrected chi connectivity index (χ1v) is 16.7. The molecule has 0 saturated heterocycles. The summed E-state index contributed by atoms with van der Waals surface area (Å²) in [6.45, 7) is 2.76. The minimum absolute atomic E-state index is 0.408. The van der Waals surface area contributed by atoms with Gasteiger partial charge in [-0.2, -0.15) is 0 Å². The summed E-state index contributed by atoms with van der Waals surface area (Å²) in [6, 6.07) is 46.3. The highest BCUT2D eigenvalue weighted by Crippen LogP contribution is 2.39. The molecule has 0 N–H and O–H groups in total. The van der Waals surface area contributed by atoms with Gasteiger partial charge in [-0.3, -0.25) is 9.59 Å². The summed E-state index contributed by atoms with van der Waals surface area (Å²) in [5.41, 5.74) is 10.3. The van der Waals surface area contributed by atoms with Crippen molar-refractivity contribution in [3.63, 3.8) is 0 Å². The zero-order valence-corrected chi connectivity index (χ0v) is 28.3. The van der Waals surface area contributed by atoms with Crippen molar-refractivity contribution in [3.8, 4) is 67.7 Å². The van der Waals surface area contributed by atoms with Crippen LogP contribution in [-0.2, 0) is 9.59 Å². The lowest BCUT2D eigenvalue weighted by Crippen LogP contribution is -2.04. The van der Waals surface area contributed by atoms with Crippen LogP contribution in [0, 0.1) is 0 Å². The molecule has 6 aromatic carbocycles. The third-order valence-electron chi connectivity index (χ3n) is 8.55. The van der Waals surface area contributed by atoms with Crippen LogP contribution in [0.2, 0.25) is 0 Å².